The number of hydrogen-bond donors (Lipinski definition) is 1. The van der Waals surface area contributed by atoms with Gasteiger partial charge in [0.15, 0.2) is 5.82 Å². The predicted molar refractivity (Wildman–Crippen MR) is 62.4 cm³/mol. The van der Waals surface area contributed by atoms with Gasteiger partial charge >= 0.3 is 6.18 Å². The monoisotopic (exact) mass is 277 g/mol. The summed E-state index contributed by atoms with van der Waals surface area (Å²) in [6.07, 6.45) is -2.59. The molecule has 1 fully saturated rings. The van der Waals surface area contributed by atoms with Crippen LogP contribution in [0.5, 0.6) is 0 Å². The second kappa shape index (κ2) is 5.48. The molecule has 0 saturated heterocycles. The third-order valence-corrected chi connectivity index (χ3v) is 3.82. The number of hydrogen-bond acceptors (Lipinski definition) is 3. The van der Waals surface area contributed by atoms with Crippen LogP contribution in [0.3, 0.4) is 0 Å². The number of alkyl halides is 3. The number of aliphatic hydroxyl groups is 1. The van der Waals surface area contributed by atoms with E-state index in [-0.39, 0.29) is 25.4 Å². The molecule has 1 aromatic rings. The van der Waals surface area contributed by atoms with Crippen LogP contribution in [0.15, 0.2) is 0 Å². The molecule has 0 aromatic carbocycles. The Balaban J connectivity index is 2.20. The van der Waals surface area contributed by atoms with Crippen molar-refractivity contribution in [2.24, 2.45) is 5.92 Å². The maximum absolute atomic E-state index is 12.8. The summed E-state index contributed by atoms with van der Waals surface area (Å²) in [5.74, 6) is -0.453. The maximum atomic E-state index is 12.8. The second-order valence-electron chi connectivity index (χ2n) is 4.98. The summed E-state index contributed by atoms with van der Waals surface area (Å²) in [4.78, 5) is 0. The molecule has 108 valence electrons. The first kappa shape index (κ1) is 14.3. The Morgan fingerprint density at radius 1 is 1.32 bits per heavy atom. The molecule has 0 amide bonds. The van der Waals surface area contributed by atoms with E-state index in [1.165, 1.54) is 0 Å². The average Bonchev–Trinajstić information content (AvgIpc) is 2.80. The molecular weight excluding hydrogens is 259 g/mol. The molecule has 1 aliphatic carbocycles. The molecule has 0 aliphatic heterocycles. The van der Waals surface area contributed by atoms with Crippen molar-refractivity contribution in [2.45, 2.75) is 57.9 Å². The standard InChI is InChI=1S/C12H18F3N3O/c1-2-18-10(7-19)16-17-11(18)8-4-3-5-9(6-8)12(13,14)15/h8-9,19H,2-7H2,1H3. The molecule has 0 radical (unpaired) electrons. The van der Waals surface area contributed by atoms with E-state index in [4.69, 9.17) is 5.11 Å². The van der Waals surface area contributed by atoms with Crippen LogP contribution < -0.4 is 0 Å². The molecule has 2 atom stereocenters. The highest BCUT2D eigenvalue weighted by atomic mass is 19.4. The zero-order valence-electron chi connectivity index (χ0n) is 10.8. The molecule has 1 heterocycles. The highest BCUT2D eigenvalue weighted by Gasteiger charge is 2.43. The topological polar surface area (TPSA) is 50.9 Å². The lowest BCUT2D eigenvalue weighted by Crippen LogP contribution is -2.29. The van der Waals surface area contributed by atoms with Gasteiger partial charge in [-0.1, -0.05) is 6.42 Å². The van der Waals surface area contributed by atoms with Crippen molar-refractivity contribution in [1.29, 1.82) is 0 Å². The van der Waals surface area contributed by atoms with Crippen molar-refractivity contribution in [3.05, 3.63) is 11.6 Å². The summed E-state index contributed by atoms with van der Waals surface area (Å²) >= 11 is 0. The van der Waals surface area contributed by atoms with Crippen LogP contribution in [0, 0.1) is 5.92 Å². The quantitative estimate of drug-likeness (QED) is 0.924. The van der Waals surface area contributed by atoms with Gasteiger partial charge in [0.2, 0.25) is 0 Å². The van der Waals surface area contributed by atoms with Crippen molar-refractivity contribution in [1.82, 2.24) is 14.8 Å². The van der Waals surface area contributed by atoms with E-state index < -0.39 is 12.1 Å². The van der Waals surface area contributed by atoms with Gasteiger partial charge < -0.3 is 9.67 Å². The molecule has 4 nitrogen and oxygen atoms in total. The number of nitrogens with zero attached hydrogens (tertiary/aromatic N) is 3. The maximum Gasteiger partial charge on any atom is 0.391 e. The van der Waals surface area contributed by atoms with Gasteiger partial charge in [0.1, 0.15) is 12.4 Å². The third kappa shape index (κ3) is 2.91. The molecular formula is C12H18F3N3O. The van der Waals surface area contributed by atoms with Crippen LogP contribution in [0.4, 0.5) is 13.2 Å². The van der Waals surface area contributed by atoms with Crippen LogP contribution in [-0.2, 0) is 13.2 Å². The van der Waals surface area contributed by atoms with Gasteiger partial charge in [-0.15, -0.1) is 10.2 Å². The van der Waals surface area contributed by atoms with E-state index in [2.05, 4.69) is 10.2 Å². The van der Waals surface area contributed by atoms with Crippen LogP contribution in [0.1, 0.15) is 50.2 Å². The van der Waals surface area contributed by atoms with Crippen LogP contribution in [0.2, 0.25) is 0 Å². The van der Waals surface area contributed by atoms with Gasteiger partial charge in [-0.3, -0.25) is 0 Å². The molecule has 0 bridgehead atoms. The first-order chi connectivity index (χ1) is 8.97. The first-order valence-corrected chi connectivity index (χ1v) is 6.56. The fourth-order valence-corrected chi connectivity index (χ4v) is 2.83. The minimum Gasteiger partial charge on any atom is -0.388 e. The highest BCUT2D eigenvalue weighted by molar-refractivity contribution is 5.04. The van der Waals surface area contributed by atoms with E-state index in [0.29, 0.717) is 31.0 Å². The fraction of sp³-hybridized carbons (Fsp3) is 0.833. The van der Waals surface area contributed by atoms with E-state index in [1.807, 2.05) is 6.92 Å². The van der Waals surface area contributed by atoms with E-state index in [0.717, 1.165) is 0 Å². The Morgan fingerprint density at radius 2 is 2.05 bits per heavy atom. The summed E-state index contributed by atoms with van der Waals surface area (Å²) < 4.78 is 40.1. The molecule has 2 unspecified atom stereocenters. The Morgan fingerprint density at radius 3 is 2.63 bits per heavy atom. The van der Waals surface area contributed by atoms with Gasteiger partial charge in [0.25, 0.3) is 0 Å². The summed E-state index contributed by atoms with van der Waals surface area (Å²) in [6, 6.07) is 0. The van der Waals surface area contributed by atoms with E-state index in [1.54, 1.807) is 4.57 Å². The average molecular weight is 277 g/mol. The fourth-order valence-electron chi connectivity index (χ4n) is 2.83. The van der Waals surface area contributed by atoms with E-state index in [9.17, 15) is 13.2 Å². The normalized spacial score (nSPS) is 24.7. The summed E-state index contributed by atoms with van der Waals surface area (Å²) in [7, 11) is 0. The molecule has 1 aliphatic rings. The van der Waals surface area contributed by atoms with Gasteiger partial charge in [0.05, 0.1) is 5.92 Å². The highest BCUT2D eigenvalue weighted by Crippen LogP contribution is 2.43. The number of aliphatic hydroxyl groups excluding tert-OH is 1. The minimum absolute atomic E-state index is 0.0765. The Hall–Kier alpha value is -1.11. The predicted octanol–water partition coefficient (Wildman–Crippen LogP) is 2.63. The number of halogens is 3. The molecule has 0 spiro atoms. The second-order valence-corrected chi connectivity index (χ2v) is 4.98. The van der Waals surface area contributed by atoms with Gasteiger partial charge in [-0.2, -0.15) is 13.2 Å². The van der Waals surface area contributed by atoms with Crippen molar-refractivity contribution in [2.75, 3.05) is 0 Å². The molecule has 1 aromatic heterocycles. The smallest absolute Gasteiger partial charge is 0.388 e. The lowest BCUT2D eigenvalue weighted by molar-refractivity contribution is -0.183. The summed E-state index contributed by atoms with van der Waals surface area (Å²) in [5.41, 5.74) is 0. The lowest BCUT2D eigenvalue weighted by atomic mass is 9.80. The number of aromatic nitrogens is 3. The zero-order valence-corrected chi connectivity index (χ0v) is 10.8. The zero-order chi connectivity index (χ0) is 14.0. The summed E-state index contributed by atoms with van der Waals surface area (Å²) in [6.45, 7) is 2.19. The van der Waals surface area contributed by atoms with Gasteiger partial charge in [-0.05, 0) is 26.2 Å². The first-order valence-electron chi connectivity index (χ1n) is 6.56. The molecule has 1 N–H and O–H groups in total. The molecule has 2 rings (SSSR count). The van der Waals surface area contributed by atoms with Gasteiger partial charge in [-0.25, -0.2) is 0 Å². The molecule has 19 heavy (non-hydrogen) atoms. The molecule has 7 heteroatoms. The van der Waals surface area contributed by atoms with Crippen LogP contribution >= 0.6 is 0 Å². The van der Waals surface area contributed by atoms with Gasteiger partial charge in [0, 0.05) is 12.5 Å². The van der Waals surface area contributed by atoms with E-state index >= 15 is 0 Å². The van der Waals surface area contributed by atoms with Crippen LogP contribution in [-0.4, -0.2) is 26.0 Å². The largest absolute Gasteiger partial charge is 0.391 e. The Kier molecular flexibility index (Phi) is 4.13. The van der Waals surface area contributed by atoms with Crippen molar-refractivity contribution < 1.29 is 18.3 Å². The van der Waals surface area contributed by atoms with Crippen molar-refractivity contribution in [3.8, 4) is 0 Å². The SMILES string of the molecule is CCn1c(CO)nnc1C1CCCC(C(F)(F)F)C1. The number of rotatable bonds is 3. The minimum atomic E-state index is -4.13. The Bertz CT molecular complexity index is 430. The Labute approximate surface area is 109 Å². The third-order valence-electron chi connectivity index (χ3n) is 3.82. The van der Waals surface area contributed by atoms with Crippen molar-refractivity contribution in [3.63, 3.8) is 0 Å². The lowest BCUT2D eigenvalue weighted by Gasteiger charge is -2.30. The summed E-state index contributed by atoms with van der Waals surface area (Å²) in [5, 5.41) is 17.0. The van der Waals surface area contributed by atoms with Crippen molar-refractivity contribution >= 4 is 0 Å². The van der Waals surface area contributed by atoms with Crippen LogP contribution in [0.25, 0.3) is 0 Å². The molecule has 1 saturated carbocycles.